The molecule has 2 aliphatic rings. The van der Waals surface area contributed by atoms with Crippen molar-refractivity contribution in [3.8, 4) is 0 Å². The van der Waals surface area contributed by atoms with Gasteiger partial charge in [0.25, 0.3) is 10.0 Å². The molecular weight excluding hydrogens is 452 g/mol. The second-order valence-electron chi connectivity index (χ2n) is 7.75. The van der Waals surface area contributed by atoms with Gasteiger partial charge in [-0.25, -0.2) is 8.42 Å². The van der Waals surface area contributed by atoms with Crippen molar-refractivity contribution < 1.29 is 13.2 Å². The van der Waals surface area contributed by atoms with Crippen LogP contribution in [0.5, 0.6) is 0 Å². The number of aromatic nitrogens is 1. The molecule has 3 aromatic rings. The fourth-order valence-electron chi connectivity index (χ4n) is 3.91. The zero-order chi connectivity index (χ0) is 21.4. The van der Waals surface area contributed by atoms with E-state index in [1.54, 1.807) is 30.1 Å². The Balaban J connectivity index is 1.35. The number of morpholine rings is 1. The summed E-state index contributed by atoms with van der Waals surface area (Å²) in [7, 11) is -3.63. The van der Waals surface area contributed by atoms with Crippen LogP contribution < -0.4 is 4.72 Å². The number of ether oxygens (including phenoxy) is 1. The summed E-state index contributed by atoms with van der Waals surface area (Å²) in [6.07, 6.45) is 0. The molecule has 2 N–H and O–H groups in total. The summed E-state index contributed by atoms with van der Waals surface area (Å²) in [4.78, 5) is 10.6. The number of rotatable bonds is 6. The minimum absolute atomic E-state index is 0.345. The number of hydrogen-bond donors (Lipinski definition) is 2. The number of nitrogens with zero attached hydrogens (tertiary/aromatic N) is 2. The molecule has 1 saturated heterocycles. The van der Waals surface area contributed by atoms with Gasteiger partial charge in [0, 0.05) is 30.3 Å². The number of fused-ring (bicyclic) bond motifs is 1. The van der Waals surface area contributed by atoms with Crippen LogP contribution in [0.2, 0.25) is 0 Å². The van der Waals surface area contributed by atoms with Gasteiger partial charge in [0.2, 0.25) is 0 Å². The van der Waals surface area contributed by atoms with E-state index in [1.165, 1.54) is 11.3 Å². The Kier molecular flexibility index (Phi) is 5.82. The van der Waals surface area contributed by atoms with Gasteiger partial charge in [0.05, 0.1) is 36.7 Å². The number of thiophene rings is 1. The number of nitrogens with one attached hydrogen (secondary N) is 2. The van der Waals surface area contributed by atoms with E-state index in [-0.39, 0.29) is 0 Å². The van der Waals surface area contributed by atoms with E-state index in [9.17, 15) is 8.42 Å². The average Bonchev–Trinajstić information content (AvgIpc) is 3.48. The topological polar surface area (TPSA) is 86.8 Å². The summed E-state index contributed by atoms with van der Waals surface area (Å²) in [6, 6.07) is 9.49. The first kappa shape index (κ1) is 21.0. The third kappa shape index (κ3) is 4.40. The molecule has 0 amide bonds. The fourth-order valence-corrected chi connectivity index (χ4v) is 7.54. The summed E-state index contributed by atoms with van der Waals surface area (Å²) in [5.41, 5.74) is 3.00. The first-order chi connectivity index (χ1) is 15.0. The monoisotopic (exact) mass is 476 g/mol. The molecule has 1 fully saturated rings. The maximum absolute atomic E-state index is 12.9. The predicted molar refractivity (Wildman–Crippen MR) is 128 cm³/mol. The van der Waals surface area contributed by atoms with Crippen LogP contribution in [0.1, 0.15) is 11.3 Å². The van der Waals surface area contributed by atoms with Crippen molar-refractivity contribution in [3.05, 3.63) is 47.0 Å². The Labute approximate surface area is 189 Å². The second-order valence-corrected chi connectivity index (χ2v) is 11.8. The summed E-state index contributed by atoms with van der Waals surface area (Å²) >= 11 is 3.02. The molecule has 0 bridgehead atoms. The lowest BCUT2D eigenvalue weighted by Gasteiger charge is -2.28. The lowest BCUT2D eigenvalue weighted by atomic mass is 10.2. The van der Waals surface area contributed by atoms with E-state index < -0.39 is 10.0 Å². The lowest BCUT2D eigenvalue weighted by molar-refractivity contribution is 0.0385. The number of aryl methyl sites for hydroxylation is 1. The van der Waals surface area contributed by atoms with E-state index in [1.807, 2.05) is 24.3 Å². The Bertz CT molecular complexity index is 1230. The van der Waals surface area contributed by atoms with Gasteiger partial charge in [0.15, 0.2) is 0 Å². The van der Waals surface area contributed by atoms with Gasteiger partial charge >= 0.3 is 0 Å². The van der Waals surface area contributed by atoms with E-state index in [0.29, 0.717) is 15.1 Å². The van der Waals surface area contributed by atoms with Crippen LogP contribution in [0.3, 0.4) is 0 Å². The van der Waals surface area contributed by atoms with Crippen LogP contribution in [0.25, 0.3) is 10.9 Å². The van der Waals surface area contributed by atoms with Crippen molar-refractivity contribution in [2.45, 2.75) is 16.4 Å². The Morgan fingerprint density at radius 1 is 1.29 bits per heavy atom. The third-order valence-electron chi connectivity index (χ3n) is 5.47. The van der Waals surface area contributed by atoms with Crippen LogP contribution in [-0.4, -0.2) is 68.0 Å². The minimum atomic E-state index is -3.63. The minimum Gasteiger partial charge on any atom is -0.379 e. The summed E-state index contributed by atoms with van der Waals surface area (Å²) in [5, 5.41) is 4.16. The van der Waals surface area contributed by atoms with Gasteiger partial charge in [-0.1, -0.05) is 23.9 Å². The molecule has 164 valence electrons. The molecule has 0 radical (unpaired) electrons. The Morgan fingerprint density at radius 3 is 2.90 bits per heavy atom. The van der Waals surface area contributed by atoms with Crippen molar-refractivity contribution in [2.24, 2.45) is 4.99 Å². The molecule has 0 spiro atoms. The smallest absolute Gasteiger partial charge is 0.271 e. The number of benzene rings is 1. The number of anilines is 1. The molecule has 7 nitrogen and oxygen atoms in total. The normalized spacial score (nSPS) is 20.3. The van der Waals surface area contributed by atoms with Gasteiger partial charge in [-0.15, -0.1) is 11.3 Å². The molecule has 2 aliphatic heterocycles. The number of aromatic amines is 1. The molecule has 1 aromatic carbocycles. The molecule has 0 saturated carbocycles. The highest BCUT2D eigenvalue weighted by atomic mass is 32.2. The molecular formula is C21H24N4O3S3. The van der Waals surface area contributed by atoms with Crippen LogP contribution in [0, 0.1) is 6.92 Å². The van der Waals surface area contributed by atoms with Crippen LogP contribution in [-0.2, 0) is 14.8 Å². The summed E-state index contributed by atoms with van der Waals surface area (Å²) in [5.74, 6) is 0. The maximum Gasteiger partial charge on any atom is 0.271 e. The highest BCUT2D eigenvalue weighted by molar-refractivity contribution is 8.15. The quantitative estimate of drug-likeness (QED) is 0.568. The number of sulfonamides is 1. The summed E-state index contributed by atoms with van der Waals surface area (Å²) < 4.78 is 34.3. The van der Waals surface area contributed by atoms with Gasteiger partial charge < -0.3 is 9.72 Å². The van der Waals surface area contributed by atoms with Gasteiger partial charge in [0.1, 0.15) is 9.25 Å². The van der Waals surface area contributed by atoms with Gasteiger partial charge in [-0.05, 0) is 36.1 Å². The molecule has 0 aliphatic carbocycles. The highest BCUT2D eigenvalue weighted by Crippen LogP contribution is 2.32. The predicted octanol–water partition coefficient (Wildman–Crippen LogP) is 3.53. The van der Waals surface area contributed by atoms with Crippen molar-refractivity contribution in [1.29, 1.82) is 0 Å². The zero-order valence-electron chi connectivity index (χ0n) is 17.1. The second kappa shape index (κ2) is 8.59. The first-order valence-electron chi connectivity index (χ1n) is 10.2. The lowest BCUT2D eigenvalue weighted by Crippen LogP contribution is -2.40. The number of thioether (sulfide) groups is 1. The first-order valence-corrected chi connectivity index (χ1v) is 13.4. The van der Waals surface area contributed by atoms with Crippen molar-refractivity contribution in [1.82, 2.24) is 9.88 Å². The van der Waals surface area contributed by atoms with Crippen LogP contribution in [0.15, 0.2) is 44.9 Å². The standard InChI is InChI=1S/C21H24N4O3S3/c1-14-5-10-29-21(14)31(26,27)24-17-4-2-3-15-11-18(23-19(15)17)20-22-12-16(30-20)13-25-6-8-28-9-7-25/h2-5,10-11,16,23-24H,6-9,12-13H2,1H3. The molecule has 31 heavy (non-hydrogen) atoms. The molecule has 10 heteroatoms. The molecule has 1 unspecified atom stereocenters. The van der Waals surface area contributed by atoms with Crippen molar-refractivity contribution in [3.63, 3.8) is 0 Å². The van der Waals surface area contributed by atoms with Gasteiger partial charge in [-0.2, -0.15) is 0 Å². The SMILES string of the molecule is Cc1ccsc1S(=O)(=O)Nc1cccc2cc(C3=NCC(CN4CCOCC4)S3)[nH]c12. The number of aliphatic imine (C=N–C) groups is 1. The molecule has 2 aromatic heterocycles. The average molecular weight is 477 g/mol. The number of H-pyrrole nitrogens is 1. The molecule has 4 heterocycles. The van der Waals surface area contributed by atoms with Crippen LogP contribution >= 0.6 is 23.1 Å². The van der Waals surface area contributed by atoms with Crippen LogP contribution in [0.4, 0.5) is 5.69 Å². The van der Waals surface area contributed by atoms with Crippen molar-refractivity contribution in [2.75, 3.05) is 44.1 Å². The largest absolute Gasteiger partial charge is 0.379 e. The highest BCUT2D eigenvalue weighted by Gasteiger charge is 2.26. The Hall–Kier alpha value is -1.85. The van der Waals surface area contributed by atoms with E-state index in [4.69, 9.17) is 9.73 Å². The number of para-hydroxylation sites is 1. The maximum atomic E-state index is 12.9. The number of hydrogen-bond acceptors (Lipinski definition) is 7. The summed E-state index contributed by atoms with van der Waals surface area (Å²) in [6.45, 7) is 7.17. The van der Waals surface area contributed by atoms with Gasteiger partial charge in [-0.3, -0.25) is 14.6 Å². The zero-order valence-corrected chi connectivity index (χ0v) is 19.6. The van der Waals surface area contributed by atoms with E-state index in [0.717, 1.165) is 66.6 Å². The third-order valence-corrected chi connectivity index (χ3v) is 9.73. The van der Waals surface area contributed by atoms with Crippen molar-refractivity contribution >= 4 is 54.8 Å². The molecule has 5 rings (SSSR count). The van der Waals surface area contributed by atoms with E-state index in [2.05, 4.69) is 14.6 Å². The Morgan fingerprint density at radius 2 is 2.13 bits per heavy atom. The molecule has 1 atom stereocenters. The fraction of sp³-hybridized carbons (Fsp3) is 0.381. The van der Waals surface area contributed by atoms with E-state index >= 15 is 0 Å².